The van der Waals surface area contributed by atoms with E-state index in [0.29, 0.717) is 0 Å². The Morgan fingerprint density at radius 2 is 2.67 bits per heavy atom. The van der Waals surface area contributed by atoms with E-state index < -0.39 is 0 Å². The summed E-state index contributed by atoms with van der Waals surface area (Å²) in [4.78, 5) is 3.22. The molecule has 0 aromatic carbocycles. The van der Waals surface area contributed by atoms with Gasteiger partial charge in [0.05, 0.1) is 9.68 Å². The molecule has 0 atom stereocenters. The molecule has 0 aromatic heterocycles. The molecule has 6 heavy (non-hydrogen) atoms. The molecule has 0 saturated heterocycles. The maximum absolute atomic E-state index is 3.56. The van der Waals surface area contributed by atoms with E-state index in [1.54, 1.807) is 0 Å². The lowest BCUT2D eigenvalue weighted by atomic mass is 10.7. The van der Waals surface area contributed by atoms with Crippen LogP contribution in [0.5, 0.6) is 0 Å². The molecule has 0 unspecified atom stereocenters. The van der Waals surface area contributed by atoms with Gasteiger partial charge in [0.1, 0.15) is 0 Å². The van der Waals surface area contributed by atoms with Crippen LogP contribution in [0, 0.1) is 0 Å². The van der Waals surface area contributed by atoms with E-state index in [1.807, 2.05) is 6.08 Å². The molecule has 0 rings (SSSR count). The molecule has 0 fully saturated rings. The smallest absolute Gasteiger partial charge is 0.0888 e. The molecular formula is C4H11NSi. The van der Waals surface area contributed by atoms with Gasteiger partial charge in [-0.1, -0.05) is 12.6 Å². The van der Waals surface area contributed by atoms with Gasteiger partial charge in [0.2, 0.25) is 0 Å². The second-order valence-corrected chi connectivity index (χ2v) is 2.30. The maximum atomic E-state index is 3.56. The van der Waals surface area contributed by atoms with Crippen LogP contribution in [0.2, 0.25) is 6.55 Å². The highest BCUT2D eigenvalue weighted by molar-refractivity contribution is 6.29. The van der Waals surface area contributed by atoms with Crippen LogP contribution in [0.15, 0.2) is 12.7 Å². The Labute approximate surface area is 41.3 Å². The van der Waals surface area contributed by atoms with Gasteiger partial charge in [-0.15, -0.1) is 6.58 Å². The lowest BCUT2D eigenvalue weighted by Crippen LogP contribution is -2.14. The summed E-state index contributed by atoms with van der Waals surface area (Å²) in [6.07, 6.45) is 1.89. The first-order valence-corrected chi connectivity index (χ1v) is 4.35. The van der Waals surface area contributed by atoms with Gasteiger partial charge in [-0.3, -0.25) is 0 Å². The van der Waals surface area contributed by atoms with Crippen LogP contribution in [0.3, 0.4) is 0 Å². The van der Waals surface area contributed by atoms with Gasteiger partial charge >= 0.3 is 0 Å². The SMILES string of the molecule is C=CCN[SiH2]C. The zero-order valence-corrected chi connectivity index (χ0v) is 5.61. The average molecular weight is 101 g/mol. The lowest BCUT2D eigenvalue weighted by Gasteiger charge is -1.87. The molecule has 0 aliphatic carbocycles. The minimum atomic E-state index is 0.0817. The Morgan fingerprint density at radius 3 is 2.83 bits per heavy atom. The Hall–Kier alpha value is -0.0831. The van der Waals surface area contributed by atoms with Crippen LogP contribution in [-0.4, -0.2) is 16.2 Å². The van der Waals surface area contributed by atoms with Crippen molar-refractivity contribution in [3.63, 3.8) is 0 Å². The zero-order valence-electron chi connectivity index (χ0n) is 4.20. The molecule has 0 aromatic rings. The fourth-order valence-corrected chi connectivity index (χ4v) is 0.739. The van der Waals surface area contributed by atoms with Crippen molar-refractivity contribution in [1.82, 2.24) is 4.98 Å². The summed E-state index contributed by atoms with van der Waals surface area (Å²) in [5.41, 5.74) is 0. The highest BCUT2D eigenvalue weighted by atomic mass is 28.2. The third-order valence-corrected chi connectivity index (χ3v) is 1.33. The molecule has 1 nitrogen and oxygen atoms in total. The fraction of sp³-hybridized carbons (Fsp3) is 0.500. The molecule has 0 radical (unpaired) electrons. The van der Waals surface area contributed by atoms with E-state index in [2.05, 4.69) is 18.1 Å². The molecule has 1 N–H and O–H groups in total. The number of nitrogens with one attached hydrogen (secondary N) is 1. The Balaban J connectivity index is 2.49. The zero-order chi connectivity index (χ0) is 4.83. The predicted octanol–water partition coefficient (Wildman–Crippen LogP) is -0.106. The highest BCUT2D eigenvalue weighted by Gasteiger charge is 1.67. The van der Waals surface area contributed by atoms with Gasteiger partial charge in [-0.25, -0.2) is 0 Å². The van der Waals surface area contributed by atoms with Crippen LogP contribution in [0.25, 0.3) is 0 Å². The summed E-state index contributed by atoms with van der Waals surface area (Å²) in [5.74, 6) is 0. The molecule has 2 heteroatoms. The number of rotatable bonds is 3. The van der Waals surface area contributed by atoms with Crippen LogP contribution in [0.4, 0.5) is 0 Å². The molecular weight excluding hydrogens is 90.1 g/mol. The largest absolute Gasteiger partial charge is 0.339 e. The Bertz CT molecular complexity index is 36.5. The highest BCUT2D eigenvalue weighted by Crippen LogP contribution is 1.53. The van der Waals surface area contributed by atoms with Crippen molar-refractivity contribution in [2.45, 2.75) is 6.55 Å². The summed E-state index contributed by atoms with van der Waals surface area (Å²) >= 11 is 0. The summed E-state index contributed by atoms with van der Waals surface area (Å²) < 4.78 is 0. The van der Waals surface area contributed by atoms with Crippen molar-refractivity contribution in [1.29, 1.82) is 0 Å². The van der Waals surface area contributed by atoms with Crippen molar-refractivity contribution in [3.05, 3.63) is 12.7 Å². The monoisotopic (exact) mass is 101 g/mol. The number of hydrogen-bond donors (Lipinski definition) is 1. The first kappa shape index (κ1) is 5.92. The van der Waals surface area contributed by atoms with Crippen LogP contribution >= 0.6 is 0 Å². The van der Waals surface area contributed by atoms with E-state index in [9.17, 15) is 0 Å². The summed E-state index contributed by atoms with van der Waals surface area (Å²) in [7, 11) is 0.0817. The predicted molar refractivity (Wildman–Crippen MR) is 32.6 cm³/mol. The summed E-state index contributed by atoms with van der Waals surface area (Å²) in [6, 6.07) is 0. The second kappa shape index (κ2) is 4.92. The number of hydrogen-bond acceptors (Lipinski definition) is 1. The molecule has 0 spiro atoms. The van der Waals surface area contributed by atoms with Crippen molar-refractivity contribution >= 4 is 9.68 Å². The van der Waals surface area contributed by atoms with E-state index in [-0.39, 0.29) is 9.68 Å². The van der Waals surface area contributed by atoms with Crippen LogP contribution in [0.1, 0.15) is 0 Å². The van der Waals surface area contributed by atoms with Crippen LogP contribution < -0.4 is 4.98 Å². The van der Waals surface area contributed by atoms with Gasteiger partial charge in [0.15, 0.2) is 0 Å². The second-order valence-electron chi connectivity index (χ2n) is 1.10. The van der Waals surface area contributed by atoms with E-state index in [4.69, 9.17) is 0 Å². The van der Waals surface area contributed by atoms with E-state index in [1.165, 1.54) is 0 Å². The summed E-state index contributed by atoms with van der Waals surface area (Å²) in [5, 5.41) is 0. The van der Waals surface area contributed by atoms with E-state index in [0.717, 1.165) is 6.54 Å². The third-order valence-electron chi connectivity index (χ3n) is 0.539. The van der Waals surface area contributed by atoms with Gasteiger partial charge in [-0.2, -0.15) is 0 Å². The fourth-order valence-electron chi connectivity index (χ4n) is 0.246. The molecule has 36 valence electrons. The minimum Gasteiger partial charge on any atom is -0.339 e. The minimum absolute atomic E-state index is 0.0817. The molecule has 0 bridgehead atoms. The molecule has 0 amide bonds. The van der Waals surface area contributed by atoms with Crippen molar-refractivity contribution < 1.29 is 0 Å². The van der Waals surface area contributed by atoms with Gasteiger partial charge in [0, 0.05) is 6.54 Å². The summed E-state index contributed by atoms with van der Waals surface area (Å²) in [6.45, 7) is 6.76. The lowest BCUT2D eigenvalue weighted by molar-refractivity contribution is 1.10. The molecule has 0 saturated carbocycles. The van der Waals surface area contributed by atoms with Crippen molar-refractivity contribution in [2.24, 2.45) is 0 Å². The van der Waals surface area contributed by atoms with Crippen LogP contribution in [-0.2, 0) is 0 Å². The van der Waals surface area contributed by atoms with Crippen molar-refractivity contribution in [3.8, 4) is 0 Å². The van der Waals surface area contributed by atoms with Gasteiger partial charge < -0.3 is 4.98 Å². The van der Waals surface area contributed by atoms with Crippen molar-refractivity contribution in [2.75, 3.05) is 6.54 Å². The van der Waals surface area contributed by atoms with Gasteiger partial charge in [0.25, 0.3) is 0 Å². The third kappa shape index (κ3) is 3.92. The maximum Gasteiger partial charge on any atom is 0.0888 e. The van der Waals surface area contributed by atoms with E-state index >= 15 is 0 Å². The molecule has 0 heterocycles. The Morgan fingerprint density at radius 1 is 2.00 bits per heavy atom. The first-order valence-electron chi connectivity index (χ1n) is 2.23. The normalized spacial score (nSPS) is 10.2. The van der Waals surface area contributed by atoms with Gasteiger partial charge in [-0.05, 0) is 0 Å². The molecule has 0 aliphatic rings. The first-order chi connectivity index (χ1) is 2.91. The molecule has 0 aliphatic heterocycles. The quantitative estimate of drug-likeness (QED) is 0.297. The topological polar surface area (TPSA) is 12.0 Å². The average Bonchev–Trinajstić information content (AvgIpc) is 1.61. The Kier molecular flexibility index (Phi) is 4.85. The standard InChI is InChI=1S/C4H11NSi/c1-3-4-5-6-2/h3,5H,1,4,6H2,2H3.